The molecule has 2 heterocycles. The van der Waals surface area contributed by atoms with Crippen molar-refractivity contribution < 1.29 is 4.42 Å². The van der Waals surface area contributed by atoms with E-state index in [1.165, 1.54) is 10.8 Å². The molecule has 2 aromatic heterocycles. The zero-order chi connectivity index (χ0) is 20.8. The van der Waals surface area contributed by atoms with Gasteiger partial charge in [-0.1, -0.05) is 60.7 Å². The fourth-order valence-electron chi connectivity index (χ4n) is 4.32. The van der Waals surface area contributed by atoms with E-state index in [0.717, 1.165) is 44.3 Å². The summed E-state index contributed by atoms with van der Waals surface area (Å²) in [4.78, 5) is 8.00. The Balaban J connectivity index is 1.63. The molecule has 0 radical (unpaired) electrons. The summed E-state index contributed by atoms with van der Waals surface area (Å²) in [5.41, 5.74) is 6.35. The van der Waals surface area contributed by atoms with Gasteiger partial charge in [-0.15, -0.1) is 0 Å². The van der Waals surface area contributed by atoms with Gasteiger partial charge in [0.1, 0.15) is 11.2 Å². The number of hydrogen-bond donors (Lipinski definition) is 0. The van der Waals surface area contributed by atoms with Crippen molar-refractivity contribution in [2.75, 3.05) is 0 Å². The lowest BCUT2D eigenvalue weighted by Gasteiger charge is -2.10. The Morgan fingerprint density at radius 3 is 2.32 bits per heavy atom. The minimum absolute atomic E-state index is 0.588. The van der Waals surface area contributed by atoms with Crippen molar-refractivity contribution >= 4 is 38.4 Å². The molecule has 0 saturated heterocycles. The van der Waals surface area contributed by atoms with Crippen LogP contribution in [0.5, 0.6) is 0 Å². The monoisotopic (exact) mass is 396 g/mol. The van der Waals surface area contributed by atoms with Crippen LogP contribution in [0.1, 0.15) is 0 Å². The first-order valence-electron chi connectivity index (χ1n) is 10.1. The molecule has 6 aromatic rings. The summed E-state index contributed by atoms with van der Waals surface area (Å²) in [5.74, 6) is 0. The second-order valence-corrected chi connectivity index (χ2v) is 7.53. The molecule has 0 aliphatic carbocycles. The Morgan fingerprint density at radius 2 is 1.45 bits per heavy atom. The van der Waals surface area contributed by atoms with E-state index in [9.17, 15) is 0 Å². The summed E-state index contributed by atoms with van der Waals surface area (Å²) in [6.45, 7) is 7.28. The fourth-order valence-corrected chi connectivity index (χ4v) is 4.32. The van der Waals surface area contributed by atoms with Gasteiger partial charge in [0.15, 0.2) is 5.69 Å². The van der Waals surface area contributed by atoms with Crippen LogP contribution >= 0.6 is 0 Å². The molecule has 0 N–H and O–H groups in total. The number of pyridine rings is 1. The van der Waals surface area contributed by atoms with Gasteiger partial charge in [-0.25, -0.2) is 4.85 Å². The van der Waals surface area contributed by atoms with Crippen molar-refractivity contribution in [1.82, 2.24) is 4.98 Å². The van der Waals surface area contributed by atoms with Crippen LogP contribution in [0.25, 0.3) is 59.9 Å². The first-order valence-corrected chi connectivity index (χ1v) is 10.1. The van der Waals surface area contributed by atoms with Crippen LogP contribution in [0.15, 0.2) is 102 Å². The number of nitrogens with zero attached hydrogens (tertiary/aromatic N) is 2. The number of benzene rings is 4. The summed E-state index contributed by atoms with van der Waals surface area (Å²) in [5, 5.41) is 4.65. The summed E-state index contributed by atoms with van der Waals surface area (Å²) in [6.07, 6.45) is 1.69. The van der Waals surface area contributed by atoms with Crippen LogP contribution in [-0.2, 0) is 0 Å². The quantitative estimate of drug-likeness (QED) is 0.277. The number of aromatic nitrogens is 1. The molecule has 0 amide bonds. The Hall–Kier alpha value is -4.42. The van der Waals surface area contributed by atoms with Crippen molar-refractivity contribution in [3.8, 4) is 22.4 Å². The third kappa shape index (κ3) is 2.78. The number of rotatable bonds is 2. The molecule has 0 bridgehead atoms. The molecular formula is C28H16N2O. The number of hydrogen-bond acceptors (Lipinski definition) is 2. The van der Waals surface area contributed by atoms with Crippen molar-refractivity contribution in [3.05, 3.63) is 109 Å². The Bertz CT molecular complexity index is 1650. The molecule has 0 spiro atoms. The van der Waals surface area contributed by atoms with E-state index in [1.54, 1.807) is 12.3 Å². The van der Waals surface area contributed by atoms with Crippen LogP contribution in [0.2, 0.25) is 0 Å². The SMILES string of the molecule is [C-]#[N+]c1ccnc(-c2cccc(-c3cc4oc5ccccc5c4c4ccccc34)c2)c1. The van der Waals surface area contributed by atoms with E-state index in [4.69, 9.17) is 11.0 Å². The number of fused-ring (bicyclic) bond motifs is 5. The Kier molecular flexibility index (Phi) is 3.84. The Morgan fingerprint density at radius 1 is 0.677 bits per heavy atom. The lowest BCUT2D eigenvalue weighted by Crippen LogP contribution is -1.86. The standard InChI is InChI=1S/C28H16N2O/c1-29-20-13-14-30-25(16-20)19-8-6-7-18(15-19)24-17-27-28(22-10-3-2-9-21(22)24)23-11-4-5-12-26(23)31-27/h2-17H. The molecule has 0 aliphatic rings. The van der Waals surface area contributed by atoms with Crippen molar-refractivity contribution in [2.24, 2.45) is 0 Å². The van der Waals surface area contributed by atoms with Gasteiger partial charge in [0.25, 0.3) is 0 Å². The number of furan rings is 1. The fraction of sp³-hybridized carbons (Fsp3) is 0. The molecule has 0 aliphatic heterocycles. The second kappa shape index (κ2) is 6.83. The van der Waals surface area contributed by atoms with Crippen molar-refractivity contribution in [1.29, 1.82) is 0 Å². The molecule has 0 unspecified atom stereocenters. The largest absolute Gasteiger partial charge is 0.456 e. The van der Waals surface area contributed by atoms with Crippen LogP contribution < -0.4 is 0 Å². The van der Waals surface area contributed by atoms with Crippen LogP contribution in [0, 0.1) is 6.57 Å². The van der Waals surface area contributed by atoms with Gasteiger partial charge in [-0.05, 0) is 57.8 Å². The van der Waals surface area contributed by atoms with Crippen LogP contribution in [-0.4, -0.2) is 4.98 Å². The predicted octanol–water partition coefficient (Wildman–Crippen LogP) is 8.02. The van der Waals surface area contributed by atoms with E-state index in [1.807, 2.05) is 36.4 Å². The minimum atomic E-state index is 0.588. The van der Waals surface area contributed by atoms with Crippen LogP contribution in [0.4, 0.5) is 5.69 Å². The summed E-state index contributed by atoms with van der Waals surface area (Å²) >= 11 is 0. The first kappa shape index (κ1) is 17.4. The lowest BCUT2D eigenvalue weighted by molar-refractivity contribution is 0.669. The molecule has 4 aromatic carbocycles. The zero-order valence-corrected chi connectivity index (χ0v) is 16.5. The average Bonchev–Trinajstić information content (AvgIpc) is 3.22. The average molecular weight is 396 g/mol. The van der Waals surface area contributed by atoms with Gasteiger partial charge in [0.05, 0.1) is 12.3 Å². The summed E-state index contributed by atoms with van der Waals surface area (Å²) < 4.78 is 6.22. The molecule has 0 fully saturated rings. The van der Waals surface area contributed by atoms with Gasteiger partial charge in [0.2, 0.25) is 0 Å². The molecule has 6 rings (SSSR count). The second-order valence-electron chi connectivity index (χ2n) is 7.53. The maximum atomic E-state index is 7.28. The highest BCUT2D eigenvalue weighted by Gasteiger charge is 2.15. The zero-order valence-electron chi connectivity index (χ0n) is 16.5. The maximum Gasteiger partial charge on any atom is 0.190 e. The first-order chi connectivity index (χ1) is 15.3. The minimum Gasteiger partial charge on any atom is -0.456 e. The summed E-state index contributed by atoms with van der Waals surface area (Å²) in [6, 6.07) is 30.6. The van der Waals surface area contributed by atoms with Gasteiger partial charge >= 0.3 is 0 Å². The smallest absolute Gasteiger partial charge is 0.190 e. The van der Waals surface area contributed by atoms with E-state index in [2.05, 4.69) is 58.4 Å². The highest BCUT2D eigenvalue weighted by molar-refractivity contribution is 6.22. The van der Waals surface area contributed by atoms with E-state index in [-0.39, 0.29) is 0 Å². The predicted molar refractivity (Wildman–Crippen MR) is 126 cm³/mol. The topological polar surface area (TPSA) is 30.4 Å². The third-order valence-electron chi connectivity index (χ3n) is 5.73. The molecule has 3 heteroatoms. The van der Waals surface area contributed by atoms with Gasteiger partial charge in [0, 0.05) is 17.0 Å². The maximum absolute atomic E-state index is 7.28. The van der Waals surface area contributed by atoms with Crippen molar-refractivity contribution in [2.45, 2.75) is 0 Å². The molecule has 0 saturated carbocycles. The lowest BCUT2D eigenvalue weighted by atomic mass is 9.93. The molecule has 3 nitrogen and oxygen atoms in total. The normalized spacial score (nSPS) is 11.2. The summed E-state index contributed by atoms with van der Waals surface area (Å²) in [7, 11) is 0. The van der Waals surface area contributed by atoms with E-state index in [0.29, 0.717) is 5.69 Å². The third-order valence-corrected chi connectivity index (χ3v) is 5.73. The number of para-hydroxylation sites is 1. The van der Waals surface area contributed by atoms with Gasteiger partial charge in [-0.2, -0.15) is 0 Å². The van der Waals surface area contributed by atoms with E-state index >= 15 is 0 Å². The van der Waals surface area contributed by atoms with E-state index < -0.39 is 0 Å². The highest BCUT2D eigenvalue weighted by Crippen LogP contribution is 2.40. The van der Waals surface area contributed by atoms with Crippen LogP contribution in [0.3, 0.4) is 0 Å². The molecule has 0 atom stereocenters. The van der Waals surface area contributed by atoms with Crippen molar-refractivity contribution in [3.63, 3.8) is 0 Å². The highest BCUT2D eigenvalue weighted by atomic mass is 16.3. The molecule has 144 valence electrons. The van der Waals surface area contributed by atoms with Gasteiger partial charge in [-0.3, -0.25) is 4.98 Å². The Labute approximate surface area is 179 Å². The molecular weight excluding hydrogens is 380 g/mol. The molecule has 31 heavy (non-hydrogen) atoms. The van der Waals surface area contributed by atoms with Gasteiger partial charge < -0.3 is 4.42 Å².